The predicted octanol–water partition coefficient (Wildman–Crippen LogP) is 5.99. The topological polar surface area (TPSA) is 61.1 Å². The molecule has 0 saturated heterocycles. The quantitative estimate of drug-likeness (QED) is 0.229. The molecule has 6 nitrogen and oxygen atoms in total. The van der Waals surface area contributed by atoms with Gasteiger partial charge >= 0.3 is 0 Å². The summed E-state index contributed by atoms with van der Waals surface area (Å²) in [6, 6.07) is 20.6. The van der Waals surface area contributed by atoms with Crippen LogP contribution in [-0.4, -0.2) is 51.1 Å². The molecule has 3 aromatic carbocycles. The Morgan fingerprint density at radius 1 is 0.889 bits per heavy atom. The minimum Gasteiger partial charge on any atom is -0.497 e. The van der Waals surface area contributed by atoms with Crippen LogP contribution in [0.3, 0.4) is 0 Å². The summed E-state index contributed by atoms with van der Waals surface area (Å²) in [7, 11) is 3.25. The summed E-state index contributed by atoms with van der Waals surface area (Å²) in [5.74, 6) is 2.67. The van der Waals surface area contributed by atoms with Crippen LogP contribution in [0.4, 0.5) is 0 Å². The van der Waals surface area contributed by atoms with Crippen molar-refractivity contribution in [2.45, 2.75) is 20.3 Å². The van der Waals surface area contributed by atoms with Crippen molar-refractivity contribution in [3.8, 4) is 17.2 Å². The van der Waals surface area contributed by atoms with E-state index in [0.29, 0.717) is 47.0 Å². The lowest BCUT2D eigenvalue weighted by atomic mass is 9.97. The minimum atomic E-state index is -0.0912. The zero-order valence-corrected chi connectivity index (χ0v) is 21.4. The number of benzene rings is 3. The van der Waals surface area contributed by atoms with Gasteiger partial charge in [-0.15, -0.1) is 0 Å². The first kappa shape index (κ1) is 25.3. The van der Waals surface area contributed by atoms with E-state index in [1.807, 2.05) is 66.7 Å². The first-order valence-corrected chi connectivity index (χ1v) is 12.3. The van der Waals surface area contributed by atoms with E-state index in [4.69, 9.17) is 18.6 Å². The fourth-order valence-corrected chi connectivity index (χ4v) is 4.34. The van der Waals surface area contributed by atoms with Gasteiger partial charge < -0.3 is 23.5 Å². The Balaban J connectivity index is 1.61. The van der Waals surface area contributed by atoms with Gasteiger partial charge in [-0.3, -0.25) is 4.79 Å². The molecule has 188 valence electrons. The number of hydrogen-bond donors (Lipinski definition) is 0. The molecule has 0 spiro atoms. The number of carbonyl (C=O) groups is 1. The van der Waals surface area contributed by atoms with Crippen molar-refractivity contribution in [3.05, 3.63) is 89.2 Å². The highest BCUT2D eigenvalue weighted by molar-refractivity contribution is 6.17. The minimum absolute atomic E-state index is 0.0912. The van der Waals surface area contributed by atoms with Gasteiger partial charge in [0.2, 0.25) is 0 Å². The van der Waals surface area contributed by atoms with Crippen molar-refractivity contribution >= 4 is 16.8 Å². The molecule has 0 saturated carbocycles. The molecule has 36 heavy (non-hydrogen) atoms. The molecule has 0 aliphatic rings. The molecule has 0 atom stereocenters. The summed E-state index contributed by atoms with van der Waals surface area (Å²) in [5.41, 5.74) is 2.69. The van der Waals surface area contributed by atoms with E-state index in [1.54, 1.807) is 14.2 Å². The lowest BCUT2D eigenvalue weighted by molar-refractivity contribution is 0.103. The Bertz CT molecular complexity index is 1300. The number of rotatable bonds is 12. The van der Waals surface area contributed by atoms with Crippen LogP contribution in [0.5, 0.6) is 17.2 Å². The van der Waals surface area contributed by atoms with Gasteiger partial charge in [-0.25, -0.2) is 0 Å². The second-order valence-corrected chi connectivity index (χ2v) is 8.48. The SMILES string of the molecule is CCN(CC)CCOc1ccc(C(=O)c2c(Cc3cc(OC)ccc3OC)oc3ccccc23)cc1. The van der Waals surface area contributed by atoms with Crippen LogP contribution in [0.2, 0.25) is 0 Å². The maximum atomic E-state index is 13.7. The predicted molar refractivity (Wildman–Crippen MR) is 142 cm³/mol. The average Bonchev–Trinajstić information content (AvgIpc) is 3.28. The first-order valence-electron chi connectivity index (χ1n) is 12.3. The van der Waals surface area contributed by atoms with Gasteiger partial charge in [0.25, 0.3) is 0 Å². The van der Waals surface area contributed by atoms with E-state index < -0.39 is 0 Å². The Hall–Kier alpha value is -3.77. The Morgan fingerprint density at radius 3 is 2.31 bits per heavy atom. The smallest absolute Gasteiger partial charge is 0.197 e. The molecule has 0 amide bonds. The standard InChI is InChI=1S/C30H33NO5/c1-5-31(6-2)17-18-35-23-13-11-21(12-14-23)30(32)29-25-9-7-8-10-27(25)36-28(29)20-22-19-24(33-3)15-16-26(22)34-4/h7-16,19H,5-6,17-18,20H2,1-4H3. The van der Waals surface area contributed by atoms with Gasteiger partial charge in [-0.2, -0.15) is 0 Å². The molecular weight excluding hydrogens is 454 g/mol. The molecule has 6 heteroatoms. The second kappa shape index (κ2) is 11.8. The highest BCUT2D eigenvalue weighted by atomic mass is 16.5. The van der Waals surface area contributed by atoms with E-state index in [-0.39, 0.29) is 5.78 Å². The van der Waals surface area contributed by atoms with E-state index in [2.05, 4.69) is 18.7 Å². The normalized spacial score (nSPS) is 11.1. The number of para-hydroxylation sites is 1. The monoisotopic (exact) mass is 487 g/mol. The summed E-state index contributed by atoms with van der Waals surface area (Å²) in [6.45, 7) is 7.75. The number of ether oxygens (including phenoxy) is 3. The van der Waals surface area contributed by atoms with Crippen molar-refractivity contribution in [1.82, 2.24) is 4.90 Å². The largest absolute Gasteiger partial charge is 0.497 e. The lowest BCUT2D eigenvalue weighted by Crippen LogP contribution is -2.27. The van der Waals surface area contributed by atoms with Crippen molar-refractivity contribution in [2.75, 3.05) is 40.5 Å². The van der Waals surface area contributed by atoms with Gasteiger partial charge in [0, 0.05) is 29.5 Å². The van der Waals surface area contributed by atoms with Gasteiger partial charge in [-0.1, -0.05) is 32.0 Å². The van der Waals surface area contributed by atoms with Crippen molar-refractivity contribution in [3.63, 3.8) is 0 Å². The summed E-state index contributed by atoms with van der Waals surface area (Å²) in [5, 5.41) is 0.791. The number of likely N-dealkylation sites (N-methyl/N-ethyl adjacent to an activating group) is 1. The number of ketones is 1. The van der Waals surface area contributed by atoms with E-state index in [0.717, 1.165) is 36.3 Å². The molecule has 4 rings (SSSR count). The molecule has 0 N–H and O–H groups in total. The van der Waals surface area contributed by atoms with Crippen LogP contribution in [0.25, 0.3) is 11.0 Å². The molecule has 0 unspecified atom stereocenters. The van der Waals surface area contributed by atoms with Gasteiger partial charge in [-0.05, 0) is 61.6 Å². The molecular formula is C30H33NO5. The third-order valence-electron chi connectivity index (χ3n) is 6.42. The molecule has 0 aliphatic heterocycles. The Labute approximate surface area is 212 Å². The lowest BCUT2D eigenvalue weighted by Gasteiger charge is -2.18. The van der Waals surface area contributed by atoms with Crippen LogP contribution in [0.15, 0.2) is 71.1 Å². The maximum Gasteiger partial charge on any atom is 0.197 e. The number of furan rings is 1. The Kier molecular flexibility index (Phi) is 8.28. The van der Waals surface area contributed by atoms with E-state index in [1.165, 1.54) is 0 Å². The molecule has 0 fully saturated rings. The number of fused-ring (bicyclic) bond motifs is 1. The number of nitrogens with zero attached hydrogens (tertiary/aromatic N) is 1. The average molecular weight is 488 g/mol. The first-order chi connectivity index (χ1) is 17.6. The molecule has 0 bridgehead atoms. The van der Waals surface area contributed by atoms with Crippen molar-refractivity contribution in [1.29, 1.82) is 0 Å². The highest BCUT2D eigenvalue weighted by Gasteiger charge is 2.23. The van der Waals surface area contributed by atoms with Crippen LogP contribution >= 0.6 is 0 Å². The molecule has 1 heterocycles. The summed E-state index contributed by atoms with van der Waals surface area (Å²) in [4.78, 5) is 16.0. The molecule has 0 radical (unpaired) electrons. The fourth-order valence-electron chi connectivity index (χ4n) is 4.34. The molecule has 0 aliphatic carbocycles. The Morgan fingerprint density at radius 2 is 1.61 bits per heavy atom. The second-order valence-electron chi connectivity index (χ2n) is 8.48. The fraction of sp³-hybridized carbons (Fsp3) is 0.300. The third-order valence-corrected chi connectivity index (χ3v) is 6.42. The van der Waals surface area contributed by atoms with Gasteiger partial charge in [0.15, 0.2) is 5.78 Å². The van der Waals surface area contributed by atoms with Gasteiger partial charge in [0.1, 0.15) is 35.2 Å². The van der Waals surface area contributed by atoms with E-state index >= 15 is 0 Å². The van der Waals surface area contributed by atoms with Crippen molar-refractivity contribution < 1.29 is 23.4 Å². The van der Waals surface area contributed by atoms with Crippen molar-refractivity contribution in [2.24, 2.45) is 0 Å². The van der Waals surface area contributed by atoms with Crippen LogP contribution < -0.4 is 14.2 Å². The molecule has 4 aromatic rings. The van der Waals surface area contributed by atoms with Gasteiger partial charge in [0.05, 0.1) is 19.8 Å². The number of carbonyl (C=O) groups excluding carboxylic acids is 1. The zero-order valence-electron chi connectivity index (χ0n) is 21.4. The highest BCUT2D eigenvalue weighted by Crippen LogP contribution is 2.33. The number of methoxy groups -OCH3 is 2. The summed E-state index contributed by atoms with van der Waals surface area (Å²) >= 11 is 0. The maximum absolute atomic E-state index is 13.7. The summed E-state index contributed by atoms with van der Waals surface area (Å²) < 4.78 is 23.0. The zero-order chi connectivity index (χ0) is 25.5. The van der Waals surface area contributed by atoms with Crippen LogP contribution in [-0.2, 0) is 6.42 Å². The molecule has 1 aromatic heterocycles. The third kappa shape index (κ3) is 5.55. The van der Waals surface area contributed by atoms with E-state index in [9.17, 15) is 4.79 Å². The van der Waals surface area contributed by atoms with Crippen LogP contribution in [0.1, 0.15) is 41.1 Å². The number of hydrogen-bond acceptors (Lipinski definition) is 6. The van der Waals surface area contributed by atoms with Crippen LogP contribution in [0, 0.1) is 0 Å². The summed E-state index contributed by atoms with van der Waals surface area (Å²) in [6.07, 6.45) is 0.392.